The van der Waals surface area contributed by atoms with Crippen molar-refractivity contribution in [3.05, 3.63) is 11.6 Å². The third-order valence-corrected chi connectivity index (χ3v) is 1.69. The minimum atomic E-state index is -0.228. The molecule has 0 aromatic carbocycles. The summed E-state index contributed by atoms with van der Waals surface area (Å²) in [6.07, 6.45) is 0.729. The van der Waals surface area contributed by atoms with Crippen LogP contribution in [0.25, 0.3) is 0 Å². The van der Waals surface area contributed by atoms with Crippen LogP contribution in [0.2, 0.25) is 0 Å². The van der Waals surface area contributed by atoms with Crippen LogP contribution in [0.1, 0.15) is 45.3 Å². The molecule has 0 radical (unpaired) electrons. The van der Waals surface area contributed by atoms with Crippen LogP contribution in [0.3, 0.4) is 0 Å². The van der Waals surface area contributed by atoms with Gasteiger partial charge in [-0.05, 0) is 13.8 Å². The van der Waals surface area contributed by atoms with Crippen LogP contribution < -0.4 is 5.73 Å². The Bertz CT molecular complexity index is 269. The first kappa shape index (κ1) is 10.2. The molecule has 0 fully saturated rings. The van der Waals surface area contributed by atoms with Gasteiger partial charge in [0.15, 0.2) is 5.82 Å². The van der Waals surface area contributed by atoms with Gasteiger partial charge >= 0.3 is 0 Å². The second kappa shape index (κ2) is 3.46. The second-order valence-electron chi connectivity index (χ2n) is 4.46. The number of aromatic nitrogens is 3. The van der Waals surface area contributed by atoms with Gasteiger partial charge in [0.2, 0.25) is 0 Å². The van der Waals surface area contributed by atoms with Crippen molar-refractivity contribution in [1.29, 1.82) is 0 Å². The van der Waals surface area contributed by atoms with Gasteiger partial charge in [-0.15, -0.1) is 0 Å². The van der Waals surface area contributed by atoms with Crippen LogP contribution in [0.5, 0.6) is 0 Å². The zero-order valence-electron chi connectivity index (χ0n) is 8.76. The highest BCUT2D eigenvalue weighted by Crippen LogP contribution is 2.10. The summed E-state index contributed by atoms with van der Waals surface area (Å²) in [5.74, 6) is 2.10. The van der Waals surface area contributed by atoms with Crippen LogP contribution >= 0.6 is 0 Å². The van der Waals surface area contributed by atoms with E-state index in [9.17, 15) is 0 Å². The number of hydrogen-bond acceptors (Lipinski definition) is 3. The van der Waals surface area contributed by atoms with E-state index in [0.717, 1.165) is 18.1 Å². The molecule has 0 aliphatic heterocycles. The minimum absolute atomic E-state index is 0.228. The maximum absolute atomic E-state index is 5.87. The first-order valence-corrected chi connectivity index (χ1v) is 4.58. The van der Waals surface area contributed by atoms with E-state index < -0.39 is 0 Å². The van der Waals surface area contributed by atoms with Gasteiger partial charge in [0.25, 0.3) is 0 Å². The van der Waals surface area contributed by atoms with E-state index in [1.54, 1.807) is 0 Å². The van der Waals surface area contributed by atoms with Gasteiger partial charge in [0.1, 0.15) is 5.82 Å². The van der Waals surface area contributed by atoms with Crippen molar-refractivity contribution in [3.63, 3.8) is 0 Å². The molecule has 1 aromatic heterocycles. The molecule has 0 unspecified atom stereocenters. The molecule has 1 aromatic rings. The minimum Gasteiger partial charge on any atom is -0.325 e. The highest BCUT2D eigenvalue weighted by atomic mass is 15.2. The van der Waals surface area contributed by atoms with Crippen LogP contribution in [-0.2, 0) is 6.42 Å². The third kappa shape index (κ3) is 3.14. The first-order chi connectivity index (χ1) is 5.88. The fourth-order valence-electron chi connectivity index (χ4n) is 1.08. The summed E-state index contributed by atoms with van der Waals surface area (Å²) >= 11 is 0. The molecule has 0 saturated carbocycles. The summed E-state index contributed by atoms with van der Waals surface area (Å²) < 4.78 is 0. The van der Waals surface area contributed by atoms with E-state index in [1.165, 1.54) is 0 Å². The van der Waals surface area contributed by atoms with Crippen molar-refractivity contribution in [3.8, 4) is 0 Å². The number of rotatable bonds is 3. The van der Waals surface area contributed by atoms with Gasteiger partial charge in [-0.25, -0.2) is 4.98 Å². The number of nitrogens with one attached hydrogen (secondary N) is 1. The molecule has 1 rings (SSSR count). The lowest BCUT2D eigenvalue weighted by atomic mass is 10.0. The van der Waals surface area contributed by atoms with E-state index in [1.807, 2.05) is 13.8 Å². The largest absolute Gasteiger partial charge is 0.325 e. The van der Waals surface area contributed by atoms with E-state index in [0.29, 0.717) is 5.92 Å². The monoisotopic (exact) mass is 182 g/mol. The Hall–Kier alpha value is -0.900. The van der Waals surface area contributed by atoms with Gasteiger partial charge in [-0.2, -0.15) is 5.10 Å². The van der Waals surface area contributed by atoms with Crippen LogP contribution in [0.4, 0.5) is 0 Å². The molecule has 0 bridgehead atoms. The molecule has 3 N–H and O–H groups in total. The summed E-state index contributed by atoms with van der Waals surface area (Å²) in [7, 11) is 0. The van der Waals surface area contributed by atoms with Crippen molar-refractivity contribution in [2.24, 2.45) is 5.73 Å². The molecule has 0 aliphatic rings. The molecule has 1 heterocycles. The number of aromatic amines is 1. The molecular formula is C9H18N4. The molecule has 13 heavy (non-hydrogen) atoms. The smallest absolute Gasteiger partial charge is 0.153 e. The topological polar surface area (TPSA) is 67.6 Å². The fourth-order valence-corrected chi connectivity index (χ4v) is 1.08. The fraction of sp³-hybridized carbons (Fsp3) is 0.778. The lowest BCUT2D eigenvalue weighted by molar-refractivity contribution is 0.503. The highest BCUT2D eigenvalue weighted by Gasteiger charge is 2.15. The average Bonchev–Trinajstić information content (AvgIpc) is 2.31. The van der Waals surface area contributed by atoms with Gasteiger partial charge in [-0.3, -0.25) is 5.10 Å². The number of hydrogen-bond donors (Lipinski definition) is 2. The predicted octanol–water partition coefficient (Wildman–Crippen LogP) is 1.21. The van der Waals surface area contributed by atoms with E-state index >= 15 is 0 Å². The van der Waals surface area contributed by atoms with Crippen molar-refractivity contribution >= 4 is 0 Å². The second-order valence-corrected chi connectivity index (χ2v) is 4.46. The molecule has 74 valence electrons. The first-order valence-electron chi connectivity index (χ1n) is 4.58. The predicted molar refractivity (Wildman–Crippen MR) is 52.4 cm³/mol. The number of nitrogens with zero attached hydrogens (tertiary/aromatic N) is 2. The molecule has 0 atom stereocenters. The summed E-state index contributed by atoms with van der Waals surface area (Å²) in [5, 5.41) is 7.01. The summed E-state index contributed by atoms with van der Waals surface area (Å²) in [5.41, 5.74) is 5.64. The SMILES string of the molecule is CC(C)c1n[nH]c(CC(C)(C)N)n1. The van der Waals surface area contributed by atoms with Crippen LogP contribution in [0.15, 0.2) is 0 Å². The normalized spacial score (nSPS) is 12.5. The number of nitrogens with two attached hydrogens (primary N) is 1. The Kier molecular flexibility index (Phi) is 2.71. The van der Waals surface area contributed by atoms with E-state index in [2.05, 4.69) is 29.0 Å². The summed E-state index contributed by atoms with van der Waals surface area (Å²) in [6.45, 7) is 8.09. The lowest BCUT2D eigenvalue weighted by Gasteiger charge is -2.15. The highest BCUT2D eigenvalue weighted by molar-refractivity contribution is 4.98. The molecule has 0 aliphatic carbocycles. The quantitative estimate of drug-likeness (QED) is 0.738. The Balaban J connectivity index is 2.70. The standard InChI is InChI=1S/C9H18N4/c1-6(2)8-11-7(12-13-8)5-9(3,4)10/h6H,5,10H2,1-4H3,(H,11,12,13). The van der Waals surface area contributed by atoms with Crippen LogP contribution in [0, 0.1) is 0 Å². The Morgan fingerprint density at radius 1 is 1.46 bits per heavy atom. The maximum atomic E-state index is 5.87. The van der Waals surface area contributed by atoms with Gasteiger partial charge in [0.05, 0.1) is 0 Å². The van der Waals surface area contributed by atoms with Crippen LogP contribution in [-0.4, -0.2) is 20.7 Å². The lowest BCUT2D eigenvalue weighted by Crippen LogP contribution is -2.34. The molecule has 0 saturated heterocycles. The summed E-state index contributed by atoms with van der Waals surface area (Å²) in [4.78, 5) is 4.35. The average molecular weight is 182 g/mol. The van der Waals surface area contributed by atoms with Crippen molar-refractivity contribution in [2.45, 2.75) is 45.6 Å². The number of H-pyrrole nitrogens is 1. The molecule has 4 nitrogen and oxygen atoms in total. The van der Waals surface area contributed by atoms with Crippen molar-refractivity contribution in [1.82, 2.24) is 15.2 Å². The van der Waals surface area contributed by atoms with E-state index in [-0.39, 0.29) is 5.54 Å². The van der Waals surface area contributed by atoms with E-state index in [4.69, 9.17) is 5.73 Å². The van der Waals surface area contributed by atoms with Gasteiger partial charge in [0, 0.05) is 17.9 Å². The zero-order chi connectivity index (χ0) is 10.1. The third-order valence-electron chi connectivity index (χ3n) is 1.69. The summed E-state index contributed by atoms with van der Waals surface area (Å²) in [6, 6.07) is 0. The van der Waals surface area contributed by atoms with Gasteiger partial charge < -0.3 is 5.73 Å². The van der Waals surface area contributed by atoms with Gasteiger partial charge in [-0.1, -0.05) is 13.8 Å². The Labute approximate surface area is 78.9 Å². The molecule has 0 spiro atoms. The van der Waals surface area contributed by atoms with Crippen molar-refractivity contribution in [2.75, 3.05) is 0 Å². The molecule has 0 amide bonds. The Morgan fingerprint density at radius 2 is 2.08 bits per heavy atom. The zero-order valence-corrected chi connectivity index (χ0v) is 8.76. The maximum Gasteiger partial charge on any atom is 0.153 e. The Morgan fingerprint density at radius 3 is 2.46 bits per heavy atom. The van der Waals surface area contributed by atoms with Crippen molar-refractivity contribution < 1.29 is 0 Å². The molecule has 4 heteroatoms. The molecular weight excluding hydrogens is 164 g/mol.